The number of hydrogen-bond acceptors (Lipinski definition) is 13. The van der Waals surface area contributed by atoms with E-state index in [1.165, 1.54) is 12.1 Å². The molecule has 0 fully saturated rings. The number of benzene rings is 2. The highest BCUT2D eigenvalue weighted by molar-refractivity contribution is 7.87. The fraction of sp³-hybridized carbons (Fsp3) is 0.535. The van der Waals surface area contributed by atoms with E-state index in [-0.39, 0.29) is 47.8 Å². The molecule has 0 saturated heterocycles. The first kappa shape index (κ1) is 55.0. The number of nitrogens with zero attached hydrogens (tertiary/aromatic N) is 2. The first-order chi connectivity index (χ1) is 30.8. The number of carboxylic acids is 1. The molecule has 66 heavy (non-hydrogen) atoms. The zero-order chi connectivity index (χ0) is 49.1. The van der Waals surface area contributed by atoms with Crippen LogP contribution in [0.15, 0.2) is 82.3 Å². The van der Waals surface area contributed by atoms with Gasteiger partial charge in [0, 0.05) is 53.9 Å². The number of fused-ring (bicyclic) bond motifs is 2. The van der Waals surface area contributed by atoms with E-state index in [9.17, 15) is 61.4 Å². The molecular formula is C43H61N2O16S5+. The number of hydrogen-bond donors (Lipinski definition) is 4. The molecule has 0 aromatic heterocycles. The normalized spacial score (nSPS) is 20.2. The summed E-state index contributed by atoms with van der Waals surface area (Å²) >= 11 is -2.31. The molecule has 368 valence electrons. The van der Waals surface area contributed by atoms with Gasteiger partial charge in [-0.1, -0.05) is 37.5 Å². The molecule has 3 atom stereocenters. The molecule has 2 heterocycles. The molecule has 0 amide bonds. The van der Waals surface area contributed by atoms with Crippen molar-refractivity contribution in [2.24, 2.45) is 0 Å². The molecule has 3 unspecified atom stereocenters. The maximum atomic E-state index is 12.9. The summed E-state index contributed by atoms with van der Waals surface area (Å²) in [4.78, 5) is 13.3. The highest BCUT2D eigenvalue weighted by Gasteiger charge is 2.48. The first-order valence-corrected chi connectivity index (χ1v) is 28.7. The van der Waals surface area contributed by atoms with E-state index in [0.29, 0.717) is 74.9 Å². The molecule has 2 aliphatic heterocycles. The van der Waals surface area contributed by atoms with E-state index in [1.807, 2.05) is 30.6 Å². The minimum absolute atomic E-state index is 0.0137. The number of unbranched alkanes of at least 4 members (excludes halogenated alkanes) is 5. The summed E-state index contributed by atoms with van der Waals surface area (Å²) in [7, 11) is -14.2. The van der Waals surface area contributed by atoms with Crippen LogP contribution in [0.4, 0.5) is 11.4 Å². The number of carboxylic acid groups (broad SMARTS) is 1. The monoisotopic (exact) mass is 1020 g/mol. The Hall–Kier alpha value is -3.65. The fourth-order valence-electron chi connectivity index (χ4n) is 8.67. The van der Waals surface area contributed by atoms with Gasteiger partial charge >= 0.3 is 5.97 Å². The van der Waals surface area contributed by atoms with Crippen molar-refractivity contribution in [3.05, 3.63) is 83.6 Å². The number of aliphatic carboxylic acids is 1. The third kappa shape index (κ3) is 14.7. The van der Waals surface area contributed by atoms with E-state index >= 15 is 0 Å². The van der Waals surface area contributed by atoms with Gasteiger partial charge < -0.3 is 14.6 Å². The fourth-order valence-corrected chi connectivity index (χ4v) is 11.6. The van der Waals surface area contributed by atoms with Gasteiger partial charge in [-0.05, 0) is 101 Å². The summed E-state index contributed by atoms with van der Waals surface area (Å²) in [5, 5.41) is 9.18. The van der Waals surface area contributed by atoms with Crippen LogP contribution in [0.5, 0.6) is 0 Å². The second-order valence-electron chi connectivity index (χ2n) is 16.7. The van der Waals surface area contributed by atoms with Gasteiger partial charge in [0.25, 0.3) is 40.5 Å². The van der Waals surface area contributed by atoms with Crippen LogP contribution < -0.4 is 4.90 Å². The minimum Gasteiger partial charge on any atom is -0.481 e. The quantitative estimate of drug-likeness (QED) is 0.0183. The van der Waals surface area contributed by atoms with Crippen LogP contribution >= 0.6 is 0 Å². The third-order valence-electron chi connectivity index (χ3n) is 12.1. The van der Waals surface area contributed by atoms with E-state index in [1.54, 1.807) is 42.5 Å². The van der Waals surface area contributed by atoms with Crippen molar-refractivity contribution >= 4 is 74.6 Å². The molecule has 0 radical (unpaired) electrons. The average Bonchev–Trinajstić information content (AvgIpc) is 3.61. The van der Waals surface area contributed by atoms with Crippen molar-refractivity contribution in [1.82, 2.24) is 0 Å². The highest BCUT2D eigenvalue weighted by atomic mass is 32.2. The maximum absolute atomic E-state index is 12.9. The summed E-state index contributed by atoms with van der Waals surface area (Å²) < 4.78 is 149. The van der Waals surface area contributed by atoms with Crippen LogP contribution in [-0.4, -0.2) is 117 Å². The molecular weight excluding hydrogens is 961 g/mol. The van der Waals surface area contributed by atoms with Crippen LogP contribution in [0, 0.1) is 0 Å². The largest absolute Gasteiger partial charge is 0.481 e. The molecule has 23 heteroatoms. The second kappa shape index (κ2) is 23.1. The van der Waals surface area contributed by atoms with Gasteiger partial charge in [0.15, 0.2) is 16.8 Å². The molecule has 0 aliphatic carbocycles. The Labute approximate surface area is 391 Å². The Morgan fingerprint density at radius 3 is 1.98 bits per heavy atom. The van der Waals surface area contributed by atoms with Crippen molar-refractivity contribution in [3.63, 3.8) is 0 Å². The summed E-state index contributed by atoms with van der Waals surface area (Å²) in [6, 6.07) is 9.54. The zero-order valence-corrected chi connectivity index (χ0v) is 41.6. The first-order valence-electron chi connectivity index (χ1n) is 21.4. The van der Waals surface area contributed by atoms with Gasteiger partial charge in [-0.3, -0.25) is 22.3 Å². The highest BCUT2D eigenvalue weighted by Crippen LogP contribution is 2.51. The van der Waals surface area contributed by atoms with Crippen molar-refractivity contribution < 1.29 is 74.4 Å². The summed E-state index contributed by atoms with van der Waals surface area (Å²) in [6.45, 7) is 4.61. The van der Waals surface area contributed by atoms with Gasteiger partial charge in [0.1, 0.15) is 6.54 Å². The topological polar surface area (TPSA) is 276 Å². The Balaban J connectivity index is 1.82. The number of allylic oxidation sites excluding steroid dienone is 6. The molecule has 2 aromatic carbocycles. The Bertz CT molecular complexity index is 2700. The predicted molar refractivity (Wildman–Crippen MR) is 251 cm³/mol. The predicted octanol–water partition coefficient (Wildman–Crippen LogP) is 6.25. The standard InChI is InChI=1S/C43H60N2O16S5/c1-42(24-10-14-28-63(50,51)52)35-31-33(62(48)49)20-22-37(35)44(26-12-6-9-19-41(46)47)39(42)17-7-5-8-18-40-43(2,25-11-15-30-65(56,57)60-3)36-32-34(66(58,59)61-4)21-23-38(36)45(40)27-13-16-29-64(53,54)55/h5,7-8,17-18,20-23,31-32H,6,9-16,19,24-30H2,1-4H3,(H3-,46,47,48,49,50,51,52,53,54,55)/p+1. The molecule has 0 bridgehead atoms. The SMILES string of the molecule is COS(=O)(=O)CCCCC1(C)C(/C=C/C=C/C=C2/N(CCCCCC(=O)O)c3ccc(S(=O)O)cc3C2(C)CCCCS(=O)(=O)O)=[N+](CCCCS(=O)(=O)O)c2ccc(S(=O)(=O)OC)cc21. The molecule has 0 spiro atoms. The van der Waals surface area contributed by atoms with Crippen molar-refractivity contribution in [1.29, 1.82) is 0 Å². The molecule has 4 rings (SSSR count). The number of rotatable bonds is 28. The van der Waals surface area contributed by atoms with Gasteiger partial charge in [0.05, 0.1) is 46.7 Å². The van der Waals surface area contributed by atoms with Crippen molar-refractivity contribution in [2.45, 2.75) is 112 Å². The minimum atomic E-state index is -4.24. The Kier molecular flexibility index (Phi) is 19.2. The average molecular weight is 1020 g/mol. The molecule has 2 aliphatic rings. The van der Waals surface area contributed by atoms with E-state index in [2.05, 4.69) is 9.08 Å². The lowest BCUT2D eigenvalue weighted by atomic mass is 9.75. The van der Waals surface area contributed by atoms with E-state index < -0.39 is 79.9 Å². The van der Waals surface area contributed by atoms with Gasteiger partial charge in [0.2, 0.25) is 5.69 Å². The van der Waals surface area contributed by atoms with E-state index in [4.69, 9.17) is 4.18 Å². The van der Waals surface area contributed by atoms with Crippen molar-refractivity contribution in [3.8, 4) is 0 Å². The number of carbonyl (C=O) groups is 1. The van der Waals surface area contributed by atoms with Crippen LogP contribution in [0.2, 0.25) is 0 Å². The third-order valence-corrected chi connectivity index (χ3v) is 16.9. The lowest BCUT2D eigenvalue weighted by Crippen LogP contribution is -2.32. The Morgan fingerprint density at radius 2 is 1.38 bits per heavy atom. The molecule has 18 nitrogen and oxygen atoms in total. The summed E-state index contributed by atoms with van der Waals surface area (Å²) in [5.41, 5.74) is 2.54. The van der Waals surface area contributed by atoms with Crippen LogP contribution in [0.3, 0.4) is 0 Å². The lowest BCUT2D eigenvalue weighted by molar-refractivity contribution is -0.438. The van der Waals surface area contributed by atoms with E-state index in [0.717, 1.165) is 31.2 Å². The van der Waals surface area contributed by atoms with Crippen molar-refractivity contribution in [2.75, 3.05) is 49.5 Å². The zero-order valence-electron chi connectivity index (χ0n) is 37.5. The molecule has 0 saturated carbocycles. The van der Waals surface area contributed by atoms with Gasteiger partial charge in [-0.15, -0.1) is 0 Å². The van der Waals surface area contributed by atoms with Gasteiger partial charge in [-0.25, -0.2) is 4.21 Å². The Morgan fingerprint density at radius 1 is 0.742 bits per heavy atom. The van der Waals surface area contributed by atoms with Crippen LogP contribution in [0.1, 0.15) is 102 Å². The summed E-state index contributed by atoms with van der Waals surface area (Å²) in [6.07, 6.45) is 13.1. The maximum Gasteiger partial charge on any atom is 0.303 e. The van der Waals surface area contributed by atoms with Crippen LogP contribution in [-0.2, 0) is 75.5 Å². The molecule has 2 aromatic rings. The number of anilines is 1. The summed E-state index contributed by atoms with van der Waals surface area (Å²) in [5.74, 6) is -2.05. The lowest BCUT2D eigenvalue weighted by Gasteiger charge is -2.30. The second-order valence-corrected chi connectivity index (χ2v) is 24.4. The van der Waals surface area contributed by atoms with Crippen LogP contribution in [0.25, 0.3) is 0 Å². The smallest absolute Gasteiger partial charge is 0.303 e. The van der Waals surface area contributed by atoms with Gasteiger partial charge in [-0.2, -0.15) is 38.2 Å². The molecule has 4 N–H and O–H groups in total.